The Labute approximate surface area is 211 Å². The molecule has 0 amide bonds. The average Bonchev–Trinajstić information content (AvgIpc) is 3.00. The summed E-state index contributed by atoms with van der Waals surface area (Å²) in [5.74, 6) is 0.251. The van der Waals surface area contributed by atoms with Crippen LogP contribution in [0.25, 0.3) is 11.3 Å². The highest BCUT2D eigenvalue weighted by atomic mass is 35.5. The maximum Gasteiger partial charge on any atom is 0.139 e. The quantitative estimate of drug-likeness (QED) is 0.373. The molecule has 34 heavy (non-hydrogen) atoms. The molecule has 0 atom stereocenters. The molecule has 182 valence electrons. The third kappa shape index (κ3) is 6.30. The number of hydrogen-bond acceptors (Lipinski definition) is 7. The van der Waals surface area contributed by atoms with Crippen molar-refractivity contribution in [2.24, 2.45) is 11.7 Å². The van der Waals surface area contributed by atoms with E-state index in [2.05, 4.69) is 51.1 Å². The predicted molar refractivity (Wildman–Crippen MR) is 140 cm³/mol. The van der Waals surface area contributed by atoms with Crippen LogP contribution in [-0.4, -0.2) is 59.3 Å². The Morgan fingerprint density at radius 3 is 2.85 bits per heavy atom. The maximum absolute atomic E-state index is 14.3. The van der Waals surface area contributed by atoms with Gasteiger partial charge in [-0.1, -0.05) is 17.7 Å². The SMILES string of the molecule is CN1CCCN(C2CC(C/C=C(\C=C/N)Nc3cc(-c4cc(Cl)ccc4F)nnc3S)C2)CC1. The molecule has 0 radical (unpaired) electrons. The van der Waals surface area contributed by atoms with E-state index < -0.39 is 5.82 Å². The molecule has 1 aliphatic carbocycles. The third-order valence-corrected chi connectivity index (χ3v) is 7.25. The van der Waals surface area contributed by atoms with Gasteiger partial charge in [-0.3, -0.25) is 4.90 Å². The molecule has 1 aromatic heterocycles. The highest BCUT2D eigenvalue weighted by Crippen LogP contribution is 2.35. The van der Waals surface area contributed by atoms with Gasteiger partial charge < -0.3 is 16.0 Å². The van der Waals surface area contributed by atoms with Gasteiger partial charge in [0.25, 0.3) is 0 Å². The van der Waals surface area contributed by atoms with Crippen LogP contribution in [0.2, 0.25) is 5.02 Å². The third-order valence-electron chi connectivity index (χ3n) is 6.69. The minimum atomic E-state index is -0.412. The minimum Gasteiger partial charge on any atom is -0.405 e. The Bertz CT molecular complexity index is 1060. The van der Waals surface area contributed by atoms with Gasteiger partial charge in [-0.15, -0.1) is 22.8 Å². The Morgan fingerprint density at radius 2 is 2.06 bits per heavy atom. The number of rotatable bonds is 7. The van der Waals surface area contributed by atoms with Crippen LogP contribution in [0.15, 0.2) is 53.3 Å². The first kappa shape index (κ1) is 25.0. The number of likely N-dealkylation sites (N-methyl/N-ethyl adjacent to an activating group) is 1. The van der Waals surface area contributed by atoms with Crippen LogP contribution in [0.4, 0.5) is 10.1 Å². The molecule has 2 fully saturated rings. The molecule has 9 heteroatoms. The Morgan fingerprint density at radius 1 is 1.24 bits per heavy atom. The summed E-state index contributed by atoms with van der Waals surface area (Å²) in [5, 5.41) is 12.4. The topological polar surface area (TPSA) is 70.3 Å². The van der Waals surface area contributed by atoms with Crippen molar-refractivity contribution in [2.75, 3.05) is 38.5 Å². The van der Waals surface area contributed by atoms with Gasteiger partial charge in [-0.25, -0.2) is 4.39 Å². The first-order valence-electron chi connectivity index (χ1n) is 11.7. The zero-order chi connectivity index (χ0) is 24.1. The molecule has 3 N–H and O–H groups in total. The zero-order valence-corrected chi connectivity index (χ0v) is 21.1. The van der Waals surface area contributed by atoms with Gasteiger partial charge in [-0.05, 0) is 88.3 Å². The maximum atomic E-state index is 14.3. The van der Waals surface area contributed by atoms with E-state index >= 15 is 0 Å². The molecular weight excluding hydrogens is 471 g/mol. The van der Waals surface area contributed by atoms with Crippen molar-refractivity contribution in [2.45, 2.75) is 36.8 Å². The molecule has 0 unspecified atom stereocenters. The summed E-state index contributed by atoms with van der Waals surface area (Å²) in [6.45, 7) is 4.72. The first-order chi connectivity index (χ1) is 16.4. The number of thiol groups is 1. The lowest BCUT2D eigenvalue weighted by molar-refractivity contribution is 0.0830. The van der Waals surface area contributed by atoms with Crippen LogP contribution in [0.1, 0.15) is 25.7 Å². The molecule has 2 aliphatic rings. The zero-order valence-electron chi connectivity index (χ0n) is 19.4. The molecule has 2 heterocycles. The summed E-state index contributed by atoms with van der Waals surface area (Å²) >= 11 is 10.5. The lowest BCUT2D eigenvalue weighted by Crippen LogP contribution is -2.46. The van der Waals surface area contributed by atoms with Crippen LogP contribution in [0, 0.1) is 11.7 Å². The van der Waals surface area contributed by atoms with E-state index in [1.807, 2.05) is 6.08 Å². The lowest BCUT2D eigenvalue weighted by Gasteiger charge is -2.42. The largest absolute Gasteiger partial charge is 0.405 e. The van der Waals surface area contributed by atoms with E-state index in [9.17, 15) is 4.39 Å². The molecule has 1 saturated carbocycles. The van der Waals surface area contributed by atoms with Crippen LogP contribution in [-0.2, 0) is 0 Å². The number of nitrogens with one attached hydrogen (secondary N) is 1. The van der Waals surface area contributed by atoms with Gasteiger partial charge in [-0.2, -0.15) is 0 Å². The van der Waals surface area contributed by atoms with E-state index in [1.165, 1.54) is 63.3 Å². The van der Waals surface area contributed by atoms with E-state index in [0.717, 1.165) is 18.7 Å². The Kier molecular flexibility index (Phi) is 8.47. The second kappa shape index (κ2) is 11.5. The molecule has 0 spiro atoms. The highest BCUT2D eigenvalue weighted by molar-refractivity contribution is 7.80. The fraction of sp³-hybridized carbons (Fsp3) is 0.440. The molecular formula is C25H32ClFN6S. The van der Waals surface area contributed by atoms with Crippen molar-refractivity contribution in [3.05, 3.63) is 59.2 Å². The number of allylic oxidation sites excluding steroid dienone is 2. The van der Waals surface area contributed by atoms with E-state index in [1.54, 1.807) is 6.07 Å². The molecule has 4 rings (SSSR count). The standard InChI is InChI=1S/C25H32ClFN6S/c1-32-9-2-10-33(12-11-32)20-13-17(14-20)3-5-19(7-8-28)29-24-16-23(30-31-25(24)34)21-15-18(26)4-6-22(21)27/h4-8,15-17,20H,2-3,9-14,28H2,1H3,(H,29,30)(H,31,34)/b8-7-,19-5+. The van der Waals surface area contributed by atoms with Crippen molar-refractivity contribution in [3.8, 4) is 11.3 Å². The minimum absolute atomic E-state index is 0.288. The summed E-state index contributed by atoms with van der Waals surface area (Å²) in [4.78, 5) is 5.08. The fourth-order valence-corrected chi connectivity index (χ4v) is 4.98. The molecule has 0 bridgehead atoms. The Hall–Kier alpha value is -2.13. The van der Waals surface area contributed by atoms with Crippen molar-refractivity contribution in [1.29, 1.82) is 0 Å². The molecule has 1 aliphatic heterocycles. The monoisotopic (exact) mass is 502 g/mol. The number of hydrogen-bond donors (Lipinski definition) is 3. The van der Waals surface area contributed by atoms with E-state index in [0.29, 0.717) is 33.4 Å². The normalized spacial score (nSPS) is 22.5. The van der Waals surface area contributed by atoms with Gasteiger partial charge in [0.1, 0.15) is 10.8 Å². The van der Waals surface area contributed by atoms with Crippen molar-refractivity contribution in [1.82, 2.24) is 20.0 Å². The second-order valence-electron chi connectivity index (χ2n) is 9.15. The smallest absolute Gasteiger partial charge is 0.139 e. The van der Waals surface area contributed by atoms with Crippen LogP contribution >= 0.6 is 24.2 Å². The average molecular weight is 503 g/mol. The van der Waals surface area contributed by atoms with Crippen molar-refractivity contribution >= 4 is 29.9 Å². The molecule has 2 aromatic rings. The van der Waals surface area contributed by atoms with Crippen molar-refractivity contribution < 1.29 is 4.39 Å². The van der Waals surface area contributed by atoms with Gasteiger partial charge >= 0.3 is 0 Å². The molecule has 1 saturated heterocycles. The predicted octanol–water partition coefficient (Wildman–Crippen LogP) is 4.80. The summed E-state index contributed by atoms with van der Waals surface area (Å²) in [6, 6.07) is 6.78. The van der Waals surface area contributed by atoms with Crippen LogP contribution in [0.3, 0.4) is 0 Å². The highest BCUT2D eigenvalue weighted by Gasteiger charge is 2.33. The van der Waals surface area contributed by atoms with Crippen molar-refractivity contribution in [3.63, 3.8) is 0 Å². The summed E-state index contributed by atoms with van der Waals surface area (Å²) in [7, 11) is 2.21. The number of benzene rings is 1. The molecule has 6 nitrogen and oxygen atoms in total. The van der Waals surface area contributed by atoms with E-state index in [4.69, 9.17) is 17.3 Å². The number of nitrogens with two attached hydrogens (primary N) is 1. The van der Waals surface area contributed by atoms with Gasteiger partial charge in [0, 0.05) is 35.4 Å². The number of nitrogens with zero attached hydrogens (tertiary/aromatic N) is 4. The lowest BCUT2D eigenvalue weighted by atomic mass is 9.77. The van der Waals surface area contributed by atoms with Gasteiger partial charge in [0.2, 0.25) is 0 Å². The fourth-order valence-electron chi connectivity index (χ4n) is 4.64. The summed E-state index contributed by atoms with van der Waals surface area (Å²) < 4.78 is 14.3. The van der Waals surface area contributed by atoms with Crippen LogP contribution < -0.4 is 11.1 Å². The first-order valence-corrected chi connectivity index (χ1v) is 12.6. The number of halogens is 2. The number of anilines is 1. The van der Waals surface area contributed by atoms with Crippen LogP contribution in [0.5, 0.6) is 0 Å². The number of aromatic nitrogens is 2. The van der Waals surface area contributed by atoms with E-state index in [-0.39, 0.29) is 5.56 Å². The Balaban J connectivity index is 1.40. The van der Waals surface area contributed by atoms with Gasteiger partial charge in [0.15, 0.2) is 0 Å². The molecule has 1 aromatic carbocycles. The summed E-state index contributed by atoms with van der Waals surface area (Å²) in [5.41, 5.74) is 7.83. The summed E-state index contributed by atoms with van der Waals surface area (Å²) in [6.07, 6.45) is 10.1. The van der Waals surface area contributed by atoms with Gasteiger partial charge in [0.05, 0.1) is 11.4 Å². The second-order valence-corrected chi connectivity index (χ2v) is 10.0.